The van der Waals surface area contributed by atoms with Crippen molar-refractivity contribution >= 4 is 23.6 Å². The molecule has 0 aromatic heterocycles. The molecule has 2 heterocycles. The molecular formula is C11H18N2O3S. The molecule has 2 rings (SSSR count). The number of carbonyl (C=O) groups excluding carboxylic acids is 1. The SMILES string of the molecule is O=C(O)CC1CCN(C(=O)C2CSCCN2)C1. The summed E-state index contributed by atoms with van der Waals surface area (Å²) in [7, 11) is 0. The lowest BCUT2D eigenvalue weighted by atomic mass is 10.1. The molecule has 0 bridgehead atoms. The molecule has 5 nitrogen and oxygen atoms in total. The molecule has 2 fully saturated rings. The second-order valence-electron chi connectivity index (χ2n) is 4.62. The monoisotopic (exact) mass is 258 g/mol. The van der Waals surface area contributed by atoms with Crippen LogP contribution in [-0.4, -0.2) is 59.1 Å². The van der Waals surface area contributed by atoms with Gasteiger partial charge in [0.15, 0.2) is 0 Å². The summed E-state index contributed by atoms with van der Waals surface area (Å²) in [6.45, 7) is 2.20. The van der Waals surface area contributed by atoms with Crippen molar-refractivity contribution in [3.63, 3.8) is 0 Å². The van der Waals surface area contributed by atoms with Crippen LogP contribution in [0.25, 0.3) is 0 Å². The van der Waals surface area contributed by atoms with Gasteiger partial charge in [0, 0.05) is 37.6 Å². The number of hydrogen-bond acceptors (Lipinski definition) is 4. The molecule has 6 heteroatoms. The van der Waals surface area contributed by atoms with E-state index in [9.17, 15) is 9.59 Å². The van der Waals surface area contributed by atoms with Crippen molar-refractivity contribution < 1.29 is 14.7 Å². The molecule has 2 aliphatic heterocycles. The van der Waals surface area contributed by atoms with Crippen LogP contribution in [-0.2, 0) is 9.59 Å². The number of aliphatic carboxylic acids is 1. The number of nitrogens with one attached hydrogen (secondary N) is 1. The molecule has 2 aliphatic rings. The highest BCUT2D eigenvalue weighted by Gasteiger charge is 2.32. The topological polar surface area (TPSA) is 69.6 Å². The zero-order chi connectivity index (χ0) is 12.3. The number of carbonyl (C=O) groups is 2. The van der Waals surface area contributed by atoms with E-state index in [1.165, 1.54) is 0 Å². The third-order valence-electron chi connectivity index (χ3n) is 3.28. The second-order valence-corrected chi connectivity index (χ2v) is 5.77. The Balaban J connectivity index is 1.82. The summed E-state index contributed by atoms with van der Waals surface area (Å²) < 4.78 is 0. The number of carboxylic acid groups (broad SMARTS) is 1. The Bertz CT molecular complexity index is 305. The fraction of sp³-hybridized carbons (Fsp3) is 0.818. The van der Waals surface area contributed by atoms with Gasteiger partial charge in [0.1, 0.15) is 0 Å². The van der Waals surface area contributed by atoms with E-state index in [2.05, 4.69) is 5.32 Å². The summed E-state index contributed by atoms with van der Waals surface area (Å²) in [5.41, 5.74) is 0. The van der Waals surface area contributed by atoms with Gasteiger partial charge in [0.2, 0.25) is 5.91 Å². The number of amides is 1. The van der Waals surface area contributed by atoms with Crippen LogP contribution in [0.2, 0.25) is 0 Å². The van der Waals surface area contributed by atoms with Gasteiger partial charge in [0.05, 0.1) is 6.04 Å². The molecule has 2 unspecified atom stereocenters. The molecule has 0 aromatic rings. The standard InChI is InChI=1S/C11H18N2O3S/c14-10(15)5-8-1-3-13(6-8)11(16)9-7-17-4-2-12-9/h8-9,12H,1-7H2,(H,14,15). The number of nitrogens with zero attached hydrogens (tertiary/aromatic N) is 1. The third-order valence-corrected chi connectivity index (χ3v) is 4.34. The summed E-state index contributed by atoms with van der Waals surface area (Å²) in [5, 5.41) is 12.0. The highest BCUT2D eigenvalue weighted by Crippen LogP contribution is 2.21. The Morgan fingerprint density at radius 1 is 1.47 bits per heavy atom. The Morgan fingerprint density at radius 3 is 2.94 bits per heavy atom. The van der Waals surface area contributed by atoms with Gasteiger partial charge in [-0.2, -0.15) is 11.8 Å². The highest BCUT2D eigenvalue weighted by atomic mass is 32.2. The van der Waals surface area contributed by atoms with E-state index < -0.39 is 5.97 Å². The molecule has 2 atom stereocenters. The molecule has 96 valence electrons. The van der Waals surface area contributed by atoms with Crippen LogP contribution < -0.4 is 5.32 Å². The van der Waals surface area contributed by atoms with E-state index >= 15 is 0 Å². The molecule has 0 aliphatic carbocycles. The van der Waals surface area contributed by atoms with E-state index in [4.69, 9.17) is 5.11 Å². The van der Waals surface area contributed by atoms with Crippen molar-refractivity contribution in [2.45, 2.75) is 18.9 Å². The first-order valence-corrected chi connectivity index (χ1v) is 7.14. The van der Waals surface area contributed by atoms with E-state index in [-0.39, 0.29) is 24.3 Å². The maximum absolute atomic E-state index is 12.1. The molecule has 0 aromatic carbocycles. The Labute approximate surface area is 105 Å². The Hall–Kier alpha value is -0.750. The lowest BCUT2D eigenvalue weighted by molar-refractivity contribution is -0.138. The number of thioether (sulfide) groups is 1. The molecule has 1 amide bonds. The molecular weight excluding hydrogens is 240 g/mol. The van der Waals surface area contributed by atoms with Gasteiger partial charge in [-0.1, -0.05) is 0 Å². The number of likely N-dealkylation sites (tertiary alicyclic amines) is 1. The van der Waals surface area contributed by atoms with Crippen LogP contribution in [0.5, 0.6) is 0 Å². The smallest absolute Gasteiger partial charge is 0.303 e. The zero-order valence-corrected chi connectivity index (χ0v) is 10.5. The van der Waals surface area contributed by atoms with Crippen LogP contribution in [0.1, 0.15) is 12.8 Å². The van der Waals surface area contributed by atoms with Crippen molar-refractivity contribution in [1.82, 2.24) is 10.2 Å². The minimum atomic E-state index is -0.768. The maximum atomic E-state index is 12.1. The van der Waals surface area contributed by atoms with E-state index in [0.29, 0.717) is 13.1 Å². The lowest BCUT2D eigenvalue weighted by Gasteiger charge is -2.27. The normalized spacial score (nSPS) is 29.3. The van der Waals surface area contributed by atoms with Crippen LogP contribution in [0.3, 0.4) is 0 Å². The highest BCUT2D eigenvalue weighted by molar-refractivity contribution is 7.99. The first-order valence-electron chi connectivity index (χ1n) is 5.98. The average Bonchev–Trinajstić information content (AvgIpc) is 2.77. The summed E-state index contributed by atoms with van der Waals surface area (Å²) in [6, 6.07) is -0.0719. The first kappa shape index (κ1) is 12.7. The number of hydrogen-bond donors (Lipinski definition) is 2. The molecule has 17 heavy (non-hydrogen) atoms. The summed E-state index contributed by atoms with van der Waals surface area (Å²) in [5.74, 6) is 1.40. The van der Waals surface area contributed by atoms with Crippen LogP contribution in [0.4, 0.5) is 0 Å². The van der Waals surface area contributed by atoms with Crippen LogP contribution in [0.15, 0.2) is 0 Å². The molecule has 0 saturated carbocycles. The third kappa shape index (κ3) is 3.35. The molecule has 2 saturated heterocycles. The predicted octanol–water partition coefficient (Wildman–Crippen LogP) is 0.0146. The van der Waals surface area contributed by atoms with Crippen molar-refractivity contribution in [3.8, 4) is 0 Å². The van der Waals surface area contributed by atoms with Crippen LogP contribution in [0, 0.1) is 5.92 Å². The van der Waals surface area contributed by atoms with Crippen molar-refractivity contribution in [3.05, 3.63) is 0 Å². The maximum Gasteiger partial charge on any atom is 0.303 e. The average molecular weight is 258 g/mol. The minimum Gasteiger partial charge on any atom is -0.481 e. The summed E-state index contributed by atoms with van der Waals surface area (Å²) >= 11 is 1.80. The van der Waals surface area contributed by atoms with Gasteiger partial charge >= 0.3 is 5.97 Å². The fourth-order valence-corrected chi connectivity index (χ4v) is 3.32. The Morgan fingerprint density at radius 2 is 2.29 bits per heavy atom. The van der Waals surface area contributed by atoms with Gasteiger partial charge < -0.3 is 15.3 Å². The molecule has 2 N–H and O–H groups in total. The van der Waals surface area contributed by atoms with Gasteiger partial charge in [-0.3, -0.25) is 9.59 Å². The number of rotatable bonds is 3. The largest absolute Gasteiger partial charge is 0.481 e. The quantitative estimate of drug-likeness (QED) is 0.746. The van der Waals surface area contributed by atoms with Crippen molar-refractivity contribution in [1.29, 1.82) is 0 Å². The Kier molecular flexibility index (Phi) is 4.28. The summed E-state index contributed by atoms with van der Waals surface area (Å²) in [6.07, 6.45) is 0.995. The van der Waals surface area contributed by atoms with Gasteiger partial charge in [-0.25, -0.2) is 0 Å². The van der Waals surface area contributed by atoms with E-state index in [1.54, 1.807) is 11.8 Å². The van der Waals surface area contributed by atoms with Crippen molar-refractivity contribution in [2.75, 3.05) is 31.1 Å². The summed E-state index contributed by atoms with van der Waals surface area (Å²) in [4.78, 5) is 24.6. The zero-order valence-electron chi connectivity index (χ0n) is 9.72. The van der Waals surface area contributed by atoms with Gasteiger partial charge in [0.25, 0.3) is 0 Å². The predicted molar refractivity (Wildman–Crippen MR) is 66.1 cm³/mol. The van der Waals surface area contributed by atoms with E-state index in [0.717, 1.165) is 24.5 Å². The number of carboxylic acids is 1. The second kappa shape index (κ2) is 5.73. The van der Waals surface area contributed by atoms with Gasteiger partial charge in [-0.05, 0) is 12.3 Å². The molecule has 0 spiro atoms. The van der Waals surface area contributed by atoms with E-state index in [1.807, 2.05) is 4.90 Å². The fourth-order valence-electron chi connectivity index (χ4n) is 2.39. The minimum absolute atomic E-state index is 0.0719. The van der Waals surface area contributed by atoms with Crippen LogP contribution >= 0.6 is 11.8 Å². The van der Waals surface area contributed by atoms with Gasteiger partial charge in [-0.15, -0.1) is 0 Å². The molecule has 0 radical (unpaired) electrons. The lowest BCUT2D eigenvalue weighted by Crippen LogP contribution is -2.50. The first-order chi connectivity index (χ1) is 8.16. The van der Waals surface area contributed by atoms with Crippen molar-refractivity contribution in [2.24, 2.45) is 5.92 Å².